The van der Waals surface area contributed by atoms with E-state index in [1.165, 1.54) is 6.08 Å². The Hall–Kier alpha value is -1.13. The summed E-state index contributed by atoms with van der Waals surface area (Å²) in [5, 5.41) is 8.56. The van der Waals surface area contributed by atoms with Crippen LogP contribution in [0.3, 0.4) is 0 Å². The van der Waals surface area contributed by atoms with Gasteiger partial charge in [-0.05, 0) is 12.8 Å². The molecule has 10 heavy (non-hydrogen) atoms. The van der Waals surface area contributed by atoms with Gasteiger partial charge in [-0.25, -0.2) is 4.79 Å². The van der Waals surface area contributed by atoms with Crippen molar-refractivity contribution in [1.82, 2.24) is 0 Å². The molecule has 3 heteroatoms. The molecule has 54 valence electrons. The Kier molecular flexibility index (Phi) is 2.79. The average Bonchev–Trinajstić information content (AvgIpc) is 1.88. The summed E-state index contributed by atoms with van der Waals surface area (Å²) in [6.45, 7) is 5.29. The Bertz CT molecular complexity index is 198. The van der Waals surface area contributed by atoms with Crippen molar-refractivity contribution in [2.75, 3.05) is 0 Å². The van der Waals surface area contributed by atoms with Crippen molar-refractivity contribution in [2.24, 2.45) is 10.9 Å². The van der Waals surface area contributed by atoms with Crippen molar-refractivity contribution in [1.29, 1.82) is 5.26 Å². The minimum atomic E-state index is -0.901. The van der Waals surface area contributed by atoms with Crippen LogP contribution in [0, 0.1) is 17.2 Å². The molecular formula is C7H10N2O. The third kappa shape index (κ3) is 1.68. The molecule has 1 atom stereocenters. The molecule has 0 saturated carbocycles. The van der Waals surface area contributed by atoms with E-state index in [0.29, 0.717) is 0 Å². The van der Waals surface area contributed by atoms with Gasteiger partial charge in [0.1, 0.15) is 0 Å². The van der Waals surface area contributed by atoms with Crippen LogP contribution in [0.5, 0.6) is 0 Å². The van der Waals surface area contributed by atoms with E-state index >= 15 is 0 Å². The van der Waals surface area contributed by atoms with Crippen molar-refractivity contribution in [2.45, 2.75) is 26.3 Å². The summed E-state index contributed by atoms with van der Waals surface area (Å²) in [6, 6.07) is 1.95. The standard InChI is InChI=1S/C7H10N2O/c1-6(2)7(3,4-8)9-5-10/h6H,1-3H3. The highest BCUT2D eigenvalue weighted by atomic mass is 16.1. The molecule has 0 amide bonds. The van der Waals surface area contributed by atoms with E-state index < -0.39 is 5.54 Å². The second-order valence-corrected chi connectivity index (χ2v) is 2.62. The number of carbonyl (C=O) groups excluding carboxylic acids is 1. The predicted octanol–water partition coefficient (Wildman–Crippen LogP) is 1.26. The summed E-state index contributed by atoms with van der Waals surface area (Å²) in [6.07, 6.45) is 1.39. The van der Waals surface area contributed by atoms with Crippen LogP contribution in [-0.4, -0.2) is 11.6 Å². The summed E-state index contributed by atoms with van der Waals surface area (Å²) < 4.78 is 0. The van der Waals surface area contributed by atoms with Gasteiger partial charge in [-0.2, -0.15) is 10.3 Å². The normalized spacial score (nSPS) is 15.1. The first-order valence-corrected chi connectivity index (χ1v) is 3.07. The smallest absolute Gasteiger partial charge is 0.211 e. The van der Waals surface area contributed by atoms with E-state index in [1.54, 1.807) is 6.92 Å². The molecule has 0 N–H and O–H groups in total. The minimum absolute atomic E-state index is 0.0407. The molecule has 0 spiro atoms. The van der Waals surface area contributed by atoms with E-state index in [0.717, 1.165) is 0 Å². The number of nitriles is 1. The SMILES string of the molecule is CC(C)C(C)(C#N)N=C=O. The molecular weight excluding hydrogens is 128 g/mol. The van der Waals surface area contributed by atoms with Gasteiger partial charge < -0.3 is 0 Å². The topological polar surface area (TPSA) is 53.2 Å². The Balaban J connectivity index is 4.59. The van der Waals surface area contributed by atoms with Gasteiger partial charge in [-0.1, -0.05) is 13.8 Å². The summed E-state index contributed by atoms with van der Waals surface area (Å²) in [5.74, 6) is 0.0407. The van der Waals surface area contributed by atoms with Gasteiger partial charge in [0.2, 0.25) is 6.08 Å². The lowest BCUT2D eigenvalue weighted by molar-refractivity contribution is 0.428. The summed E-state index contributed by atoms with van der Waals surface area (Å²) in [4.78, 5) is 13.2. The molecule has 0 heterocycles. The fourth-order valence-corrected chi connectivity index (χ4v) is 0.378. The van der Waals surface area contributed by atoms with Gasteiger partial charge in [0.15, 0.2) is 5.54 Å². The average molecular weight is 138 g/mol. The summed E-state index contributed by atoms with van der Waals surface area (Å²) in [5.41, 5.74) is -0.901. The largest absolute Gasteiger partial charge is 0.236 e. The molecule has 1 unspecified atom stereocenters. The molecule has 0 saturated heterocycles. The summed E-state index contributed by atoms with van der Waals surface area (Å²) >= 11 is 0. The highest BCUT2D eigenvalue weighted by Gasteiger charge is 2.26. The number of nitrogens with zero attached hydrogens (tertiary/aromatic N) is 2. The van der Waals surface area contributed by atoms with Crippen LogP contribution in [0.4, 0.5) is 0 Å². The van der Waals surface area contributed by atoms with Crippen molar-refractivity contribution >= 4 is 6.08 Å². The van der Waals surface area contributed by atoms with Crippen LogP contribution in [0.15, 0.2) is 4.99 Å². The maximum atomic E-state index is 9.84. The Morgan fingerprint density at radius 2 is 2.10 bits per heavy atom. The van der Waals surface area contributed by atoms with E-state index in [2.05, 4.69) is 4.99 Å². The van der Waals surface area contributed by atoms with E-state index in [9.17, 15) is 4.79 Å². The van der Waals surface area contributed by atoms with Crippen LogP contribution in [0.25, 0.3) is 0 Å². The first-order valence-electron chi connectivity index (χ1n) is 3.07. The zero-order valence-electron chi connectivity index (χ0n) is 6.38. The molecule has 0 fully saturated rings. The van der Waals surface area contributed by atoms with Crippen molar-refractivity contribution in [3.8, 4) is 6.07 Å². The van der Waals surface area contributed by atoms with Gasteiger partial charge in [0.05, 0.1) is 6.07 Å². The lowest BCUT2D eigenvalue weighted by Crippen LogP contribution is -2.26. The quantitative estimate of drug-likeness (QED) is 0.426. The molecule has 0 aromatic carbocycles. The molecule has 0 radical (unpaired) electrons. The molecule has 0 aromatic rings. The van der Waals surface area contributed by atoms with Gasteiger partial charge >= 0.3 is 0 Å². The predicted molar refractivity (Wildman–Crippen MR) is 37.0 cm³/mol. The first-order chi connectivity index (χ1) is 4.56. The van der Waals surface area contributed by atoms with Gasteiger partial charge in [-0.3, -0.25) is 0 Å². The fourth-order valence-electron chi connectivity index (χ4n) is 0.378. The Morgan fingerprint density at radius 3 is 2.20 bits per heavy atom. The molecule has 0 aliphatic rings. The van der Waals surface area contributed by atoms with Crippen LogP contribution >= 0.6 is 0 Å². The molecule has 0 aliphatic heterocycles. The van der Waals surface area contributed by atoms with Crippen LogP contribution in [-0.2, 0) is 4.79 Å². The zero-order valence-corrected chi connectivity index (χ0v) is 6.38. The number of hydrogen-bond donors (Lipinski definition) is 0. The molecule has 0 aliphatic carbocycles. The molecule has 0 bridgehead atoms. The fraction of sp³-hybridized carbons (Fsp3) is 0.714. The number of rotatable bonds is 2. The van der Waals surface area contributed by atoms with E-state index in [4.69, 9.17) is 5.26 Å². The third-order valence-corrected chi connectivity index (χ3v) is 1.63. The minimum Gasteiger partial charge on any atom is -0.211 e. The highest BCUT2D eigenvalue weighted by Crippen LogP contribution is 2.18. The van der Waals surface area contributed by atoms with Crippen LogP contribution in [0.1, 0.15) is 20.8 Å². The van der Waals surface area contributed by atoms with Crippen molar-refractivity contribution in [3.05, 3.63) is 0 Å². The maximum Gasteiger partial charge on any atom is 0.236 e. The van der Waals surface area contributed by atoms with Gasteiger partial charge in [0, 0.05) is 0 Å². The molecule has 0 aromatic heterocycles. The number of isocyanates is 1. The van der Waals surface area contributed by atoms with Crippen LogP contribution in [0.2, 0.25) is 0 Å². The van der Waals surface area contributed by atoms with E-state index in [1.807, 2.05) is 19.9 Å². The van der Waals surface area contributed by atoms with Crippen molar-refractivity contribution < 1.29 is 4.79 Å². The number of aliphatic imine (C=N–C) groups is 1. The zero-order chi connectivity index (χ0) is 8.20. The molecule has 0 rings (SSSR count). The van der Waals surface area contributed by atoms with Crippen molar-refractivity contribution in [3.63, 3.8) is 0 Å². The Labute approximate surface area is 60.4 Å². The third-order valence-electron chi connectivity index (χ3n) is 1.63. The van der Waals surface area contributed by atoms with Gasteiger partial charge in [0.25, 0.3) is 0 Å². The second kappa shape index (κ2) is 3.14. The first kappa shape index (κ1) is 8.87. The van der Waals surface area contributed by atoms with E-state index in [-0.39, 0.29) is 5.92 Å². The number of hydrogen-bond acceptors (Lipinski definition) is 3. The van der Waals surface area contributed by atoms with Gasteiger partial charge in [-0.15, -0.1) is 0 Å². The second-order valence-electron chi connectivity index (χ2n) is 2.62. The lowest BCUT2D eigenvalue weighted by atomic mass is 9.91. The highest BCUT2D eigenvalue weighted by molar-refractivity contribution is 5.36. The lowest BCUT2D eigenvalue weighted by Gasteiger charge is -2.17. The summed E-state index contributed by atoms with van der Waals surface area (Å²) in [7, 11) is 0. The Morgan fingerprint density at radius 1 is 1.60 bits per heavy atom. The van der Waals surface area contributed by atoms with Crippen LogP contribution < -0.4 is 0 Å². The monoisotopic (exact) mass is 138 g/mol. The molecule has 3 nitrogen and oxygen atoms in total. The maximum absolute atomic E-state index is 9.84.